The van der Waals surface area contributed by atoms with Gasteiger partial charge in [-0.15, -0.1) is 0 Å². The molecule has 3 nitrogen and oxygen atoms in total. The number of rotatable bonds is 2. The highest BCUT2D eigenvalue weighted by Crippen LogP contribution is 2.41. The second-order valence-electron chi connectivity index (χ2n) is 4.68. The average molecular weight is 240 g/mol. The Balaban J connectivity index is 2.17. The van der Waals surface area contributed by atoms with Crippen LogP contribution in [-0.2, 0) is 12.0 Å². The average Bonchev–Trinajstić information content (AvgIpc) is 2.78. The van der Waals surface area contributed by atoms with Crippen LogP contribution >= 0.6 is 0 Å². The van der Waals surface area contributed by atoms with Gasteiger partial charge in [-0.05, 0) is 36.1 Å². The third-order valence-electron chi connectivity index (χ3n) is 3.70. The van der Waals surface area contributed by atoms with Crippen molar-refractivity contribution in [3.63, 3.8) is 0 Å². The number of ether oxygens (including phenoxy) is 1. The third-order valence-corrected chi connectivity index (χ3v) is 3.70. The summed E-state index contributed by atoms with van der Waals surface area (Å²) in [5, 5.41) is 0. The number of aryl methyl sites for hydroxylation is 1. The first-order chi connectivity index (χ1) is 8.75. The molecule has 1 aromatic heterocycles. The van der Waals surface area contributed by atoms with Crippen LogP contribution in [0, 0.1) is 0 Å². The molecular formula is C15H16N2O. The fourth-order valence-electron chi connectivity index (χ4n) is 2.78. The SMILES string of the molecule is COc1cccnc1C1(N)CCc2ccccc21. The molecule has 0 spiro atoms. The zero-order valence-electron chi connectivity index (χ0n) is 10.4. The highest BCUT2D eigenvalue weighted by atomic mass is 16.5. The molecule has 2 aromatic rings. The molecule has 18 heavy (non-hydrogen) atoms. The highest BCUT2D eigenvalue weighted by molar-refractivity contribution is 5.48. The Hall–Kier alpha value is -1.87. The molecule has 0 bridgehead atoms. The van der Waals surface area contributed by atoms with Crippen LogP contribution in [0.3, 0.4) is 0 Å². The molecule has 0 saturated heterocycles. The van der Waals surface area contributed by atoms with Crippen LogP contribution in [0.25, 0.3) is 0 Å². The molecule has 0 radical (unpaired) electrons. The molecule has 0 saturated carbocycles. The Labute approximate surface area is 107 Å². The van der Waals surface area contributed by atoms with Gasteiger partial charge in [0.1, 0.15) is 11.4 Å². The second kappa shape index (κ2) is 4.10. The summed E-state index contributed by atoms with van der Waals surface area (Å²) in [6, 6.07) is 12.1. The number of pyridine rings is 1. The number of hydrogen-bond acceptors (Lipinski definition) is 3. The van der Waals surface area contributed by atoms with E-state index in [9.17, 15) is 0 Å². The first kappa shape index (κ1) is 11.2. The van der Waals surface area contributed by atoms with Crippen molar-refractivity contribution in [3.8, 4) is 5.75 Å². The molecule has 0 fully saturated rings. The van der Waals surface area contributed by atoms with Crippen LogP contribution in [0.4, 0.5) is 0 Å². The molecule has 0 amide bonds. The lowest BCUT2D eigenvalue weighted by Crippen LogP contribution is -2.36. The summed E-state index contributed by atoms with van der Waals surface area (Å²) in [6.07, 6.45) is 3.64. The molecule has 3 heteroatoms. The van der Waals surface area contributed by atoms with Gasteiger partial charge in [0.2, 0.25) is 0 Å². The van der Waals surface area contributed by atoms with Crippen molar-refractivity contribution in [2.24, 2.45) is 5.73 Å². The number of hydrogen-bond donors (Lipinski definition) is 1. The molecule has 1 heterocycles. The summed E-state index contributed by atoms with van der Waals surface area (Å²) in [4.78, 5) is 4.45. The minimum Gasteiger partial charge on any atom is -0.495 e. The lowest BCUT2D eigenvalue weighted by Gasteiger charge is -2.26. The van der Waals surface area contributed by atoms with Gasteiger partial charge in [0.25, 0.3) is 0 Å². The van der Waals surface area contributed by atoms with Gasteiger partial charge in [-0.3, -0.25) is 4.98 Å². The van der Waals surface area contributed by atoms with Crippen molar-refractivity contribution >= 4 is 0 Å². The largest absolute Gasteiger partial charge is 0.495 e. The van der Waals surface area contributed by atoms with E-state index in [0.29, 0.717) is 0 Å². The van der Waals surface area contributed by atoms with Crippen LogP contribution in [0.15, 0.2) is 42.6 Å². The lowest BCUT2D eigenvalue weighted by molar-refractivity contribution is 0.387. The Morgan fingerprint density at radius 1 is 1.22 bits per heavy atom. The predicted molar refractivity (Wildman–Crippen MR) is 70.5 cm³/mol. The van der Waals surface area contributed by atoms with Crippen LogP contribution in [0.1, 0.15) is 23.2 Å². The first-order valence-corrected chi connectivity index (χ1v) is 6.12. The summed E-state index contributed by atoms with van der Waals surface area (Å²) < 4.78 is 5.40. The van der Waals surface area contributed by atoms with Crippen LogP contribution < -0.4 is 10.5 Å². The van der Waals surface area contributed by atoms with E-state index < -0.39 is 5.54 Å². The summed E-state index contributed by atoms with van der Waals surface area (Å²) >= 11 is 0. The number of nitrogens with two attached hydrogens (primary N) is 1. The van der Waals surface area contributed by atoms with Crippen molar-refractivity contribution in [2.45, 2.75) is 18.4 Å². The van der Waals surface area contributed by atoms with E-state index in [4.69, 9.17) is 10.5 Å². The van der Waals surface area contributed by atoms with Crippen molar-refractivity contribution in [1.29, 1.82) is 0 Å². The number of methoxy groups -OCH3 is 1. The van der Waals surface area contributed by atoms with E-state index in [-0.39, 0.29) is 0 Å². The number of aromatic nitrogens is 1. The van der Waals surface area contributed by atoms with Gasteiger partial charge in [-0.1, -0.05) is 24.3 Å². The highest BCUT2D eigenvalue weighted by Gasteiger charge is 2.39. The molecule has 1 atom stereocenters. The molecule has 92 valence electrons. The summed E-state index contributed by atoms with van der Waals surface area (Å²) in [7, 11) is 1.66. The van der Waals surface area contributed by atoms with Crippen LogP contribution in [0.5, 0.6) is 5.75 Å². The maximum Gasteiger partial charge on any atom is 0.142 e. The quantitative estimate of drug-likeness (QED) is 0.875. The third kappa shape index (κ3) is 1.51. The van der Waals surface area contributed by atoms with Gasteiger partial charge in [0.15, 0.2) is 0 Å². The normalized spacial score (nSPS) is 21.7. The van der Waals surface area contributed by atoms with Crippen LogP contribution in [0.2, 0.25) is 0 Å². The zero-order valence-corrected chi connectivity index (χ0v) is 10.4. The fourth-order valence-corrected chi connectivity index (χ4v) is 2.78. The molecule has 1 aliphatic rings. The van der Waals surface area contributed by atoms with Gasteiger partial charge >= 0.3 is 0 Å². The van der Waals surface area contributed by atoms with Crippen molar-refractivity contribution in [2.75, 3.05) is 7.11 Å². The Morgan fingerprint density at radius 3 is 2.89 bits per heavy atom. The lowest BCUT2D eigenvalue weighted by atomic mass is 9.88. The molecule has 1 unspecified atom stereocenters. The van der Waals surface area contributed by atoms with Gasteiger partial charge in [0.05, 0.1) is 12.6 Å². The van der Waals surface area contributed by atoms with E-state index in [1.54, 1.807) is 13.3 Å². The molecule has 0 aliphatic heterocycles. The van der Waals surface area contributed by atoms with E-state index in [1.165, 1.54) is 11.1 Å². The monoisotopic (exact) mass is 240 g/mol. The molecule has 1 aromatic carbocycles. The molecule has 3 rings (SSSR count). The minimum absolute atomic E-state index is 0.525. The predicted octanol–water partition coefficient (Wildman–Crippen LogP) is 2.24. The smallest absolute Gasteiger partial charge is 0.142 e. The molecule has 2 N–H and O–H groups in total. The van der Waals surface area contributed by atoms with Crippen molar-refractivity contribution in [3.05, 3.63) is 59.4 Å². The number of benzene rings is 1. The summed E-state index contributed by atoms with van der Waals surface area (Å²) in [5.74, 6) is 0.761. The molecular weight excluding hydrogens is 224 g/mol. The van der Waals surface area contributed by atoms with E-state index >= 15 is 0 Å². The topological polar surface area (TPSA) is 48.1 Å². The summed E-state index contributed by atoms with van der Waals surface area (Å²) in [5.41, 5.74) is 9.41. The number of fused-ring (bicyclic) bond motifs is 1. The maximum atomic E-state index is 6.63. The van der Waals surface area contributed by atoms with Crippen molar-refractivity contribution in [1.82, 2.24) is 4.98 Å². The van der Waals surface area contributed by atoms with Gasteiger partial charge < -0.3 is 10.5 Å². The van der Waals surface area contributed by atoms with Crippen LogP contribution in [-0.4, -0.2) is 12.1 Å². The van der Waals surface area contributed by atoms with E-state index in [0.717, 1.165) is 24.3 Å². The maximum absolute atomic E-state index is 6.63. The Morgan fingerprint density at radius 2 is 2.06 bits per heavy atom. The first-order valence-electron chi connectivity index (χ1n) is 6.12. The Bertz CT molecular complexity index is 582. The second-order valence-corrected chi connectivity index (χ2v) is 4.68. The standard InChI is InChI=1S/C15H16N2O/c1-18-13-7-4-10-17-14(13)15(16)9-8-11-5-2-3-6-12(11)15/h2-7,10H,8-9,16H2,1H3. The van der Waals surface area contributed by atoms with Gasteiger partial charge in [0, 0.05) is 6.20 Å². The van der Waals surface area contributed by atoms with E-state index in [2.05, 4.69) is 23.2 Å². The van der Waals surface area contributed by atoms with Gasteiger partial charge in [-0.2, -0.15) is 0 Å². The zero-order chi connectivity index (χ0) is 12.6. The van der Waals surface area contributed by atoms with E-state index in [1.807, 2.05) is 18.2 Å². The Kier molecular flexibility index (Phi) is 2.56. The number of nitrogens with zero attached hydrogens (tertiary/aromatic N) is 1. The minimum atomic E-state index is -0.525. The molecule has 1 aliphatic carbocycles. The van der Waals surface area contributed by atoms with Gasteiger partial charge in [-0.25, -0.2) is 0 Å². The summed E-state index contributed by atoms with van der Waals surface area (Å²) in [6.45, 7) is 0. The van der Waals surface area contributed by atoms with Crippen molar-refractivity contribution < 1.29 is 4.74 Å². The fraction of sp³-hybridized carbons (Fsp3) is 0.267.